The lowest BCUT2D eigenvalue weighted by Gasteiger charge is -2.26. The van der Waals surface area contributed by atoms with E-state index >= 15 is 0 Å². The fourth-order valence-corrected chi connectivity index (χ4v) is 4.62. The molecule has 0 saturated heterocycles. The zero-order chi connectivity index (χ0) is 22.4. The Bertz CT molecular complexity index is 814. The number of rotatable bonds is 11. The maximum atomic E-state index is 5.93. The minimum absolute atomic E-state index is 0.543. The topological polar surface area (TPSA) is 9.23 Å². The number of benzene rings is 2. The second-order valence-electron chi connectivity index (χ2n) is 9.45. The van der Waals surface area contributed by atoms with E-state index in [1.54, 1.807) is 0 Å². The smallest absolute Gasteiger partial charge is 0.119 e. The van der Waals surface area contributed by atoms with Gasteiger partial charge in [-0.3, -0.25) is 0 Å². The van der Waals surface area contributed by atoms with E-state index in [2.05, 4.69) is 74.2 Å². The predicted octanol–water partition coefficient (Wildman–Crippen LogP) is 8.70. The van der Waals surface area contributed by atoms with Crippen molar-refractivity contribution in [3.05, 3.63) is 65.2 Å². The zero-order valence-corrected chi connectivity index (χ0v) is 20.4. The summed E-state index contributed by atoms with van der Waals surface area (Å²) in [7, 11) is 0. The second kappa shape index (κ2) is 14.1. The third-order valence-corrected chi connectivity index (χ3v) is 6.79. The normalized spacial score (nSPS) is 18.1. The molecule has 172 valence electrons. The summed E-state index contributed by atoms with van der Waals surface area (Å²) < 4.78 is 5.93. The molecule has 1 nitrogen and oxygen atoms in total. The Morgan fingerprint density at radius 2 is 1.44 bits per heavy atom. The molecule has 3 rings (SSSR count). The van der Waals surface area contributed by atoms with Crippen LogP contribution in [0.1, 0.15) is 107 Å². The summed E-state index contributed by atoms with van der Waals surface area (Å²) in [6, 6.07) is 17.8. The van der Waals surface area contributed by atoms with Crippen LogP contribution in [0, 0.1) is 17.8 Å². The molecular formula is C31H42O. The van der Waals surface area contributed by atoms with Crippen LogP contribution in [0.2, 0.25) is 0 Å². The third-order valence-electron chi connectivity index (χ3n) is 6.79. The van der Waals surface area contributed by atoms with Gasteiger partial charge in [0.05, 0.1) is 6.61 Å². The molecule has 1 saturated carbocycles. The number of unbranched alkanes of at least 4 members (excludes halogenated alkanes) is 5. The van der Waals surface area contributed by atoms with Crippen LogP contribution in [-0.4, -0.2) is 6.61 Å². The summed E-state index contributed by atoms with van der Waals surface area (Å²) in [4.78, 5) is 0. The van der Waals surface area contributed by atoms with Crippen molar-refractivity contribution in [2.24, 2.45) is 5.92 Å². The van der Waals surface area contributed by atoms with Gasteiger partial charge in [0, 0.05) is 11.5 Å². The summed E-state index contributed by atoms with van der Waals surface area (Å²) in [6.07, 6.45) is 15.0. The molecule has 0 amide bonds. The molecule has 0 heterocycles. The highest BCUT2D eigenvalue weighted by atomic mass is 16.5. The Kier molecular flexibility index (Phi) is 10.7. The Labute approximate surface area is 197 Å². The molecule has 0 unspecified atom stereocenters. The lowest BCUT2D eigenvalue weighted by Crippen LogP contribution is -2.12. The first-order chi connectivity index (χ1) is 15.8. The van der Waals surface area contributed by atoms with Crippen LogP contribution in [0.4, 0.5) is 0 Å². The summed E-state index contributed by atoms with van der Waals surface area (Å²) in [5.74, 6) is 9.22. The van der Waals surface area contributed by atoms with E-state index in [1.807, 2.05) is 0 Å². The van der Waals surface area contributed by atoms with Crippen LogP contribution in [0.5, 0.6) is 5.75 Å². The molecule has 0 radical (unpaired) electrons. The van der Waals surface area contributed by atoms with Crippen LogP contribution in [0.15, 0.2) is 48.5 Å². The first-order valence-corrected chi connectivity index (χ1v) is 13.1. The van der Waals surface area contributed by atoms with Gasteiger partial charge >= 0.3 is 0 Å². The highest BCUT2D eigenvalue weighted by molar-refractivity contribution is 5.37. The monoisotopic (exact) mass is 430 g/mol. The van der Waals surface area contributed by atoms with Crippen molar-refractivity contribution >= 4 is 0 Å². The van der Waals surface area contributed by atoms with E-state index in [0.717, 1.165) is 24.3 Å². The van der Waals surface area contributed by atoms with Crippen molar-refractivity contribution < 1.29 is 4.74 Å². The van der Waals surface area contributed by atoms with Gasteiger partial charge in [-0.05, 0) is 86.3 Å². The SMILES string of the molecule is CCCCCCCOc1ccc(C2CCC(C#Cc3ccc(CCCC)cc3)CC2)cc1. The van der Waals surface area contributed by atoms with Crippen molar-refractivity contribution in [2.75, 3.05) is 6.61 Å². The van der Waals surface area contributed by atoms with Gasteiger partial charge in [0.1, 0.15) is 5.75 Å². The van der Waals surface area contributed by atoms with Crippen molar-refractivity contribution in [1.82, 2.24) is 0 Å². The Hall–Kier alpha value is -2.20. The third kappa shape index (κ3) is 8.38. The van der Waals surface area contributed by atoms with Crippen molar-refractivity contribution in [2.45, 2.75) is 96.8 Å². The summed E-state index contributed by atoms with van der Waals surface area (Å²) in [6.45, 7) is 5.34. The van der Waals surface area contributed by atoms with Crippen LogP contribution in [-0.2, 0) is 6.42 Å². The zero-order valence-electron chi connectivity index (χ0n) is 20.4. The standard InChI is InChI=1S/C31H42O/c1-3-5-7-8-9-25-32-31-23-21-30(22-24-31)29-19-17-28(18-20-29)16-15-27-13-11-26(12-14-27)10-6-4-2/h11-14,21-24,28-29H,3-10,17-20,25H2,1-2H3. The number of ether oxygens (including phenoxy) is 1. The summed E-state index contributed by atoms with van der Waals surface area (Å²) >= 11 is 0. The van der Waals surface area contributed by atoms with Crippen molar-refractivity contribution in [1.29, 1.82) is 0 Å². The number of hydrogen-bond donors (Lipinski definition) is 0. The fraction of sp³-hybridized carbons (Fsp3) is 0.548. The molecular weight excluding hydrogens is 388 g/mol. The maximum Gasteiger partial charge on any atom is 0.119 e. The van der Waals surface area contributed by atoms with E-state index < -0.39 is 0 Å². The molecule has 1 aliphatic rings. The average Bonchev–Trinajstić information content (AvgIpc) is 2.85. The molecule has 0 bridgehead atoms. The van der Waals surface area contributed by atoms with E-state index in [9.17, 15) is 0 Å². The lowest BCUT2D eigenvalue weighted by molar-refractivity contribution is 0.304. The molecule has 1 fully saturated rings. The van der Waals surface area contributed by atoms with Crippen LogP contribution < -0.4 is 4.74 Å². The van der Waals surface area contributed by atoms with Crippen molar-refractivity contribution in [3.8, 4) is 17.6 Å². The van der Waals surface area contributed by atoms with E-state index in [0.29, 0.717) is 11.8 Å². The van der Waals surface area contributed by atoms with Crippen LogP contribution in [0.25, 0.3) is 0 Å². The summed E-state index contributed by atoms with van der Waals surface area (Å²) in [5.41, 5.74) is 4.06. The molecule has 0 N–H and O–H groups in total. The molecule has 1 heteroatoms. The van der Waals surface area contributed by atoms with Gasteiger partial charge in [-0.1, -0.05) is 82.1 Å². The molecule has 0 atom stereocenters. The Morgan fingerprint density at radius 3 is 2.12 bits per heavy atom. The maximum absolute atomic E-state index is 5.93. The average molecular weight is 431 g/mol. The summed E-state index contributed by atoms with van der Waals surface area (Å²) in [5, 5.41) is 0. The first-order valence-electron chi connectivity index (χ1n) is 13.1. The van der Waals surface area contributed by atoms with Gasteiger partial charge in [0.2, 0.25) is 0 Å². The molecule has 32 heavy (non-hydrogen) atoms. The van der Waals surface area contributed by atoms with Crippen LogP contribution >= 0.6 is 0 Å². The van der Waals surface area contributed by atoms with Gasteiger partial charge in [-0.2, -0.15) is 0 Å². The minimum atomic E-state index is 0.543. The molecule has 0 aliphatic heterocycles. The Morgan fingerprint density at radius 1 is 0.750 bits per heavy atom. The van der Waals surface area contributed by atoms with Crippen molar-refractivity contribution in [3.63, 3.8) is 0 Å². The van der Waals surface area contributed by atoms with E-state index in [4.69, 9.17) is 4.74 Å². The van der Waals surface area contributed by atoms with Crippen LogP contribution in [0.3, 0.4) is 0 Å². The Balaban J connectivity index is 1.39. The van der Waals surface area contributed by atoms with Gasteiger partial charge in [-0.15, -0.1) is 0 Å². The van der Waals surface area contributed by atoms with Gasteiger partial charge < -0.3 is 4.74 Å². The predicted molar refractivity (Wildman–Crippen MR) is 137 cm³/mol. The second-order valence-corrected chi connectivity index (χ2v) is 9.45. The number of aryl methyl sites for hydroxylation is 1. The highest BCUT2D eigenvalue weighted by Gasteiger charge is 2.21. The molecule has 2 aromatic rings. The van der Waals surface area contributed by atoms with E-state index in [1.165, 1.54) is 81.8 Å². The fourth-order valence-electron chi connectivity index (χ4n) is 4.62. The van der Waals surface area contributed by atoms with E-state index in [-0.39, 0.29) is 0 Å². The van der Waals surface area contributed by atoms with Gasteiger partial charge in [0.25, 0.3) is 0 Å². The largest absolute Gasteiger partial charge is 0.494 e. The quantitative estimate of drug-likeness (QED) is 0.256. The number of hydrogen-bond acceptors (Lipinski definition) is 1. The molecule has 0 aromatic heterocycles. The van der Waals surface area contributed by atoms with Gasteiger partial charge in [0.15, 0.2) is 0 Å². The molecule has 1 aliphatic carbocycles. The minimum Gasteiger partial charge on any atom is -0.494 e. The first kappa shape index (κ1) is 24.4. The molecule has 2 aromatic carbocycles. The molecule has 0 spiro atoms. The highest BCUT2D eigenvalue weighted by Crippen LogP contribution is 2.36. The van der Waals surface area contributed by atoms with Gasteiger partial charge in [-0.25, -0.2) is 0 Å². The lowest BCUT2D eigenvalue weighted by atomic mass is 9.79.